The maximum Gasteiger partial charge on any atom is 0.338 e. The lowest BCUT2D eigenvalue weighted by molar-refractivity contribution is -0.150. The fraction of sp³-hybridized carbons (Fsp3) is 0.438. The van der Waals surface area contributed by atoms with Crippen LogP contribution in [0.4, 0.5) is 0 Å². The number of hydrogen-bond donors (Lipinski definition) is 1. The predicted molar refractivity (Wildman–Crippen MR) is 77.1 cm³/mol. The molecule has 0 saturated carbocycles. The number of ether oxygens (including phenoxy) is 2. The molecule has 0 aromatic heterocycles. The molecule has 0 saturated heterocycles. The number of rotatable bonds is 9. The SMILES string of the molecule is CCOC(=O)[C@@H](O)/C=C/CCCOCc1ccccc1. The van der Waals surface area contributed by atoms with E-state index in [1.165, 1.54) is 6.08 Å². The number of carbonyl (C=O) groups excluding carboxylic acids is 1. The molecule has 0 amide bonds. The number of unbranched alkanes of at least 4 members (excludes halogenated alkanes) is 1. The highest BCUT2D eigenvalue weighted by atomic mass is 16.5. The number of allylic oxidation sites excluding steroid dienone is 1. The number of aliphatic hydroxyl groups excluding tert-OH is 1. The van der Waals surface area contributed by atoms with Crippen molar-refractivity contribution in [3.05, 3.63) is 48.0 Å². The van der Waals surface area contributed by atoms with Crippen LogP contribution in [0.2, 0.25) is 0 Å². The molecule has 0 aliphatic carbocycles. The number of esters is 1. The Morgan fingerprint density at radius 2 is 2.10 bits per heavy atom. The lowest BCUT2D eigenvalue weighted by Gasteiger charge is -2.05. The van der Waals surface area contributed by atoms with Crippen LogP contribution >= 0.6 is 0 Å². The van der Waals surface area contributed by atoms with Crippen molar-refractivity contribution < 1.29 is 19.4 Å². The minimum atomic E-state index is -1.17. The van der Waals surface area contributed by atoms with E-state index in [4.69, 9.17) is 4.74 Å². The minimum Gasteiger partial charge on any atom is -0.464 e. The molecule has 0 spiro atoms. The summed E-state index contributed by atoms with van der Waals surface area (Å²) >= 11 is 0. The quantitative estimate of drug-likeness (QED) is 0.428. The van der Waals surface area contributed by atoms with E-state index in [0.717, 1.165) is 18.4 Å². The first kappa shape index (κ1) is 16.4. The smallest absolute Gasteiger partial charge is 0.338 e. The van der Waals surface area contributed by atoms with E-state index in [2.05, 4.69) is 4.74 Å². The molecule has 1 aromatic carbocycles. The van der Waals surface area contributed by atoms with E-state index in [9.17, 15) is 9.90 Å². The summed E-state index contributed by atoms with van der Waals surface area (Å²) in [7, 11) is 0. The monoisotopic (exact) mass is 278 g/mol. The Kier molecular flexibility index (Phi) is 8.35. The number of hydrogen-bond acceptors (Lipinski definition) is 4. The lowest BCUT2D eigenvalue weighted by Crippen LogP contribution is -2.20. The average Bonchev–Trinajstić information content (AvgIpc) is 2.47. The first-order chi connectivity index (χ1) is 9.74. The van der Waals surface area contributed by atoms with Crippen LogP contribution in [0.25, 0.3) is 0 Å². The van der Waals surface area contributed by atoms with Gasteiger partial charge in [-0.2, -0.15) is 0 Å². The molecule has 20 heavy (non-hydrogen) atoms. The third kappa shape index (κ3) is 7.07. The van der Waals surface area contributed by atoms with Gasteiger partial charge in [0, 0.05) is 6.61 Å². The summed E-state index contributed by atoms with van der Waals surface area (Å²) in [5.41, 5.74) is 1.15. The van der Waals surface area contributed by atoms with E-state index in [0.29, 0.717) is 13.2 Å². The van der Waals surface area contributed by atoms with Gasteiger partial charge in [0.1, 0.15) is 0 Å². The Labute approximate surface area is 120 Å². The van der Waals surface area contributed by atoms with Gasteiger partial charge in [-0.25, -0.2) is 4.79 Å². The Hall–Kier alpha value is -1.65. The second kappa shape index (κ2) is 10.2. The van der Waals surface area contributed by atoms with Gasteiger partial charge in [-0.15, -0.1) is 0 Å². The molecular formula is C16H22O4. The molecule has 1 atom stereocenters. The molecule has 0 aliphatic rings. The van der Waals surface area contributed by atoms with Crippen LogP contribution < -0.4 is 0 Å². The van der Waals surface area contributed by atoms with Crippen molar-refractivity contribution in [2.45, 2.75) is 32.5 Å². The number of benzene rings is 1. The van der Waals surface area contributed by atoms with E-state index in [1.807, 2.05) is 30.3 Å². The summed E-state index contributed by atoms with van der Waals surface area (Å²) in [6.45, 7) is 3.24. The summed E-state index contributed by atoms with van der Waals surface area (Å²) < 4.78 is 10.2. The number of aliphatic hydroxyl groups is 1. The zero-order valence-corrected chi connectivity index (χ0v) is 11.8. The molecule has 4 nitrogen and oxygen atoms in total. The summed E-state index contributed by atoms with van der Waals surface area (Å²) in [6.07, 6.45) is 3.66. The van der Waals surface area contributed by atoms with Crippen LogP contribution in [0.1, 0.15) is 25.3 Å². The van der Waals surface area contributed by atoms with Gasteiger partial charge in [-0.3, -0.25) is 0 Å². The summed E-state index contributed by atoms with van der Waals surface area (Å²) in [6, 6.07) is 9.99. The summed E-state index contributed by atoms with van der Waals surface area (Å²) in [4.78, 5) is 11.1. The zero-order chi connectivity index (χ0) is 14.6. The van der Waals surface area contributed by atoms with Crippen molar-refractivity contribution in [2.24, 2.45) is 0 Å². The van der Waals surface area contributed by atoms with Crippen molar-refractivity contribution in [1.82, 2.24) is 0 Å². The maximum absolute atomic E-state index is 11.1. The van der Waals surface area contributed by atoms with Crippen molar-refractivity contribution in [1.29, 1.82) is 0 Å². The molecule has 1 N–H and O–H groups in total. The van der Waals surface area contributed by atoms with Gasteiger partial charge >= 0.3 is 5.97 Å². The summed E-state index contributed by atoms with van der Waals surface area (Å²) in [5.74, 6) is -0.607. The van der Waals surface area contributed by atoms with Crippen LogP contribution in [-0.4, -0.2) is 30.4 Å². The van der Waals surface area contributed by atoms with Crippen LogP contribution in [0.5, 0.6) is 0 Å². The fourth-order valence-corrected chi connectivity index (χ4v) is 1.60. The van der Waals surface area contributed by atoms with Gasteiger partial charge in [-0.05, 0) is 31.4 Å². The largest absolute Gasteiger partial charge is 0.464 e. The molecule has 1 rings (SSSR count). The van der Waals surface area contributed by atoms with E-state index < -0.39 is 12.1 Å². The molecule has 0 fully saturated rings. The second-order valence-corrected chi connectivity index (χ2v) is 4.31. The topological polar surface area (TPSA) is 55.8 Å². The van der Waals surface area contributed by atoms with Crippen molar-refractivity contribution >= 4 is 5.97 Å². The van der Waals surface area contributed by atoms with Gasteiger partial charge < -0.3 is 14.6 Å². The second-order valence-electron chi connectivity index (χ2n) is 4.31. The molecule has 1 aromatic rings. The molecule has 4 heteroatoms. The lowest BCUT2D eigenvalue weighted by atomic mass is 10.2. The third-order valence-electron chi connectivity index (χ3n) is 2.62. The van der Waals surface area contributed by atoms with Crippen molar-refractivity contribution in [3.63, 3.8) is 0 Å². The molecular weight excluding hydrogens is 256 g/mol. The number of carbonyl (C=O) groups is 1. The molecule has 0 unspecified atom stereocenters. The van der Waals surface area contributed by atoms with Gasteiger partial charge in [-0.1, -0.05) is 36.4 Å². The van der Waals surface area contributed by atoms with Crippen LogP contribution in [0.15, 0.2) is 42.5 Å². The fourth-order valence-electron chi connectivity index (χ4n) is 1.60. The zero-order valence-electron chi connectivity index (χ0n) is 11.8. The van der Waals surface area contributed by atoms with Gasteiger partial charge in [0.25, 0.3) is 0 Å². The van der Waals surface area contributed by atoms with Crippen LogP contribution in [-0.2, 0) is 20.9 Å². The van der Waals surface area contributed by atoms with Gasteiger partial charge in [0.2, 0.25) is 0 Å². The summed E-state index contributed by atoms with van der Waals surface area (Å²) in [5, 5.41) is 9.41. The minimum absolute atomic E-state index is 0.275. The average molecular weight is 278 g/mol. The van der Waals surface area contributed by atoms with Crippen molar-refractivity contribution in [3.8, 4) is 0 Å². The van der Waals surface area contributed by atoms with E-state index >= 15 is 0 Å². The van der Waals surface area contributed by atoms with Gasteiger partial charge in [0.15, 0.2) is 6.10 Å². The Bertz CT molecular complexity index is 400. The Balaban J connectivity index is 2.05. The van der Waals surface area contributed by atoms with E-state index in [1.54, 1.807) is 13.0 Å². The standard InChI is InChI=1S/C16H22O4/c1-2-20-16(18)15(17)11-7-4-8-12-19-13-14-9-5-3-6-10-14/h3,5-7,9-11,15,17H,2,4,8,12-13H2,1H3/b11-7+/t15-/m0/s1. The molecule has 0 radical (unpaired) electrons. The van der Waals surface area contributed by atoms with Crippen LogP contribution in [0, 0.1) is 0 Å². The highest BCUT2D eigenvalue weighted by Gasteiger charge is 2.11. The molecule has 110 valence electrons. The van der Waals surface area contributed by atoms with Gasteiger partial charge in [0.05, 0.1) is 13.2 Å². The third-order valence-corrected chi connectivity index (χ3v) is 2.62. The normalized spacial score (nSPS) is 12.5. The molecule has 0 bridgehead atoms. The predicted octanol–water partition coefficient (Wildman–Crippen LogP) is 2.46. The maximum atomic E-state index is 11.1. The highest BCUT2D eigenvalue weighted by Crippen LogP contribution is 2.02. The van der Waals surface area contributed by atoms with Crippen LogP contribution in [0.3, 0.4) is 0 Å². The first-order valence-electron chi connectivity index (χ1n) is 6.87. The highest BCUT2D eigenvalue weighted by molar-refractivity contribution is 5.76. The first-order valence-corrected chi connectivity index (χ1v) is 6.87. The molecule has 0 aliphatic heterocycles. The Morgan fingerprint density at radius 1 is 1.35 bits per heavy atom. The van der Waals surface area contributed by atoms with E-state index in [-0.39, 0.29) is 6.61 Å². The molecule has 0 heterocycles. The Morgan fingerprint density at radius 3 is 2.80 bits per heavy atom. The van der Waals surface area contributed by atoms with Crippen molar-refractivity contribution in [2.75, 3.05) is 13.2 Å².